The summed E-state index contributed by atoms with van der Waals surface area (Å²) in [6.45, 7) is 12.4. The summed E-state index contributed by atoms with van der Waals surface area (Å²) >= 11 is 6.22. The van der Waals surface area contributed by atoms with Crippen LogP contribution in [0.2, 0.25) is 5.02 Å². The van der Waals surface area contributed by atoms with Gasteiger partial charge in [0.15, 0.2) is 0 Å². The van der Waals surface area contributed by atoms with Gasteiger partial charge in [-0.25, -0.2) is 0 Å². The fourth-order valence-corrected chi connectivity index (χ4v) is 3.91. The SMILES string of the molecule is CCCC(CCC)C(C)(C)C(O)c1cc(Cl)cc2cn[nH]c12.CCOC(C)=O. The van der Waals surface area contributed by atoms with Crippen molar-refractivity contribution in [2.24, 2.45) is 11.3 Å². The van der Waals surface area contributed by atoms with Crippen molar-refractivity contribution in [1.29, 1.82) is 0 Å². The highest BCUT2D eigenvalue weighted by atomic mass is 35.5. The number of hydrogen-bond acceptors (Lipinski definition) is 4. The smallest absolute Gasteiger partial charge is 0.302 e. The number of H-pyrrole nitrogens is 1. The van der Waals surface area contributed by atoms with E-state index in [1.54, 1.807) is 13.1 Å². The van der Waals surface area contributed by atoms with Gasteiger partial charge < -0.3 is 9.84 Å². The number of aromatic amines is 1. The Labute approximate surface area is 173 Å². The van der Waals surface area contributed by atoms with Gasteiger partial charge in [-0.3, -0.25) is 9.89 Å². The summed E-state index contributed by atoms with van der Waals surface area (Å²) in [7, 11) is 0. The van der Waals surface area contributed by atoms with Gasteiger partial charge in [0.1, 0.15) is 0 Å². The minimum Gasteiger partial charge on any atom is -0.466 e. The lowest BCUT2D eigenvalue weighted by Gasteiger charge is -2.39. The molecular weight excluding hydrogens is 376 g/mol. The molecule has 0 saturated heterocycles. The number of rotatable bonds is 8. The van der Waals surface area contributed by atoms with Gasteiger partial charge in [-0.15, -0.1) is 0 Å². The van der Waals surface area contributed by atoms with Crippen molar-refractivity contribution in [1.82, 2.24) is 10.2 Å². The van der Waals surface area contributed by atoms with E-state index in [0.29, 0.717) is 17.5 Å². The number of ether oxygens (including phenoxy) is 1. The van der Waals surface area contributed by atoms with Gasteiger partial charge in [-0.05, 0) is 30.4 Å². The van der Waals surface area contributed by atoms with E-state index < -0.39 is 6.10 Å². The topological polar surface area (TPSA) is 75.2 Å². The Morgan fingerprint density at radius 2 is 1.86 bits per heavy atom. The van der Waals surface area contributed by atoms with E-state index in [-0.39, 0.29) is 11.4 Å². The minimum absolute atomic E-state index is 0.211. The molecule has 158 valence electrons. The number of esters is 1. The molecule has 1 aromatic heterocycles. The van der Waals surface area contributed by atoms with Gasteiger partial charge in [0.2, 0.25) is 0 Å². The number of aromatic nitrogens is 2. The molecule has 2 rings (SSSR count). The van der Waals surface area contributed by atoms with Crippen LogP contribution in [0.15, 0.2) is 18.3 Å². The van der Waals surface area contributed by atoms with Crippen molar-refractivity contribution in [3.63, 3.8) is 0 Å². The molecule has 0 aliphatic carbocycles. The Balaban J connectivity index is 0.000000568. The number of carbonyl (C=O) groups excluding carboxylic acids is 1. The van der Waals surface area contributed by atoms with E-state index in [4.69, 9.17) is 11.6 Å². The van der Waals surface area contributed by atoms with Gasteiger partial charge in [-0.1, -0.05) is 65.0 Å². The fourth-order valence-electron chi connectivity index (χ4n) is 3.68. The standard InChI is InChI=1S/C18H27ClN2O.C4H8O2/c1-5-7-13(8-6-2)18(3,4)17(22)15-10-14(19)9-12-11-20-21-16(12)15;1-3-6-4(2)5/h9-11,13,17,22H,5-8H2,1-4H3,(H,20,21);3H2,1-2H3. The first kappa shape index (κ1) is 24.4. The zero-order chi connectivity index (χ0) is 21.3. The molecule has 2 N–H and O–H groups in total. The summed E-state index contributed by atoms with van der Waals surface area (Å²) in [6, 6.07) is 3.74. The Morgan fingerprint density at radius 3 is 2.32 bits per heavy atom. The number of fused-ring (bicyclic) bond motifs is 1. The Hall–Kier alpha value is -1.59. The predicted octanol–water partition coefficient (Wildman–Crippen LogP) is 6.06. The summed E-state index contributed by atoms with van der Waals surface area (Å²) in [5.41, 5.74) is 1.52. The highest BCUT2D eigenvalue weighted by molar-refractivity contribution is 6.31. The molecule has 28 heavy (non-hydrogen) atoms. The van der Waals surface area contributed by atoms with Crippen molar-refractivity contribution in [2.75, 3.05) is 6.61 Å². The molecule has 1 atom stereocenters. The van der Waals surface area contributed by atoms with Crippen molar-refractivity contribution in [2.45, 2.75) is 73.3 Å². The molecule has 0 bridgehead atoms. The van der Waals surface area contributed by atoms with Gasteiger partial charge in [0, 0.05) is 22.9 Å². The third kappa shape index (κ3) is 6.49. The second kappa shape index (κ2) is 11.4. The first-order chi connectivity index (χ1) is 13.2. The number of carbonyl (C=O) groups is 1. The molecule has 0 spiro atoms. The molecule has 0 radical (unpaired) electrons. The largest absolute Gasteiger partial charge is 0.466 e. The van der Waals surface area contributed by atoms with Crippen LogP contribution in [0.3, 0.4) is 0 Å². The molecule has 0 amide bonds. The molecule has 0 aliphatic heterocycles. The molecule has 5 nitrogen and oxygen atoms in total. The maximum Gasteiger partial charge on any atom is 0.302 e. The van der Waals surface area contributed by atoms with E-state index in [9.17, 15) is 9.90 Å². The van der Waals surface area contributed by atoms with Crippen LogP contribution in [0, 0.1) is 11.3 Å². The second-order valence-corrected chi connectivity index (χ2v) is 8.19. The summed E-state index contributed by atoms with van der Waals surface area (Å²) in [5, 5.41) is 19.8. The molecule has 1 unspecified atom stereocenters. The Bertz CT molecular complexity index is 736. The second-order valence-electron chi connectivity index (χ2n) is 7.75. The number of aliphatic hydroxyl groups is 1. The van der Waals surface area contributed by atoms with Gasteiger partial charge in [0.25, 0.3) is 0 Å². The minimum atomic E-state index is -0.572. The van der Waals surface area contributed by atoms with Gasteiger partial charge in [0.05, 0.1) is 24.4 Å². The van der Waals surface area contributed by atoms with E-state index in [1.807, 2.05) is 12.1 Å². The number of nitrogens with zero attached hydrogens (tertiary/aromatic N) is 1. The van der Waals surface area contributed by atoms with E-state index in [1.165, 1.54) is 6.92 Å². The van der Waals surface area contributed by atoms with Crippen LogP contribution < -0.4 is 0 Å². The van der Waals surface area contributed by atoms with Crippen LogP contribution in [-0.2, 0) is 9.53 Å². The quantitative estimate of drug-likeness (QED) is 0.518. The third-order valence-corrected chi connectivity index (χ3v) is 5.44. The van der Waals surface area contributed by atoms with Crippen LogP contribution in [0.1, 0.15) is 78.9 Å². The number of hydrogen-bond donors (Lipinski definition) is 2. The van der Waals surface area contributed by atoms with Crippen LogP contribution in [0.25, 0.3) is 10.9 Å². The Morgan fingerprint density at radius 1 is 1.25 bits per heavy atom. The summed E-state index contributed by atoms with van der Waals surface area (Å²) in [4.78, 5) is 9.82. The predicted molar refractivity (Wildman–Crippen MR) is 115 cm³/mol. The fraction of sp³-hybridized carbons (Fsp3) is 0.636. The molecular formula is C22H35ClN2O3. The third-order valence-electron chi connectivity index (χ3n) is 5.22. The van der Waals surface area contributed by atoms with Crippen molar-refractivity contribution in [3.8, 4) is 0 Å². The highest BCUT2D eigenvalue weighted by Gasteiger charge is 2.37. The average molecular weight is 411 g/mol. The first-order valence-electron chi connectivity index (χ1n) is 10.1. The van der Waals surface area contributed by atoms with Crippen molar-refractivity contribution in [3.05, 3.63) is 28.9 Å². The van der Waals surface area contributed by atoms with E-state index in [2.05, 4.69) is 42.6 Å². The lowest BCUT2D eigenvalue weighted by atomic mass is 9.68. The monoisotopic (exact) mass is 410 g/mol. The van der Waals surface area contributed by atoms with E-state index in [0.717, 1.165) is 42.1 Å². The molecule has 1 heterocycles. The lowest BCUT2D eigenvalue weighted by molar-refractivity contribution is -0.140. The first-order valence-corrected chi connectivity index (χ1v) is 10.5. The van der Waals surface area contributed by atoms with Crippen LogP contribution in [0.4, 0.5) is 0 Å². The summed E-state index contributed by atoms with van der Waals surface area (Å²) < 4.78 is 4.40. The highest BCUT2D eigenvalue weighted by Crippen LogP contribution is 2.45. The van der Waals surface area contributed by atoms with Crippen LogP contribution in [0.5, 0.6) is 0 Å². The van der Waals surface area contributed by atoms with Crippen LogP contribution >= 0.6 is 11.6 Å². The summed E-state index contributed by atoms with van der Waals surface area (Å²) in [5.74, 6) is 0.270. The molecule has 0 aliphatic rings. The maximum absolute atomic E-state index is 11.1. The van der Waals surface area contributed by atoms with Crippen LogP contribution in [-0.4, -0.2) is 27.9 Å². The lowest BCUT2D eigenvalue weighted by Crippen LogP contribution is -2.31. The number of halogens is 1. The van der Waals surface area contributed by atoms with E-state index >= 15 is 0 Å². The Kier molecular flexibility index (Phi) is 9.97. The van der Waals surface area contributed by atoms with Gasteiger partial charge in [-0.2, -0.15) is 5.10 Å². The number of benzene rings is 1. The van der Waals surface area contributed by atoms with Crippen molar-refractivity contribution >= 4 is 28.5 Å². The molecule has 2 aromatic rings. The maximum atomic E-state index is 11.1. The molecule has 6 heteroatoms. The summed E-state index contributed by atoms with van der Waals surface area (Å²) in [6.07, 6.45) is 5.71. The molecule has 0 fully saturated rings. The number of nitrogens with one attached hydrogen (secondary N) is 1. The van der Waals surface area contributed by atoms with Gasteiger partial charge >= 0.3 is 5.97 Å². The molecule has 1 aromatic carbocycles. The van der Waals surface area contributed by atoms with Crippen molar-refractivity contribution < 1.29 is 14.6 Å². The normalized spacial score (nSPS) is 12.6. The molecule has 0 saturated carbocycles. The number of aliphatic hydroxyl groups excluding tert-OH is 1. The average Bonchev–Trinajstić information content (AvgIpc) is 3.08. The zero-order valence-corrected chi connectivity index (χ0v) is 18.8. The zero-order valence-electron chi connectivity index (χ0n) is 18.0.